The fourth-order valence-corrected chi connectivity index (χ4v) is 5.84. The Bertz CT molecular complexity index is 1350. The molecule has 1 aliphatic rings. The van der Waals surface area contributed by atoms with E-state index in [9.17, 15) is 17.2 Å². The van der Waals surface area contributed by atoms with Crippen molar-refractivity contribution in [2.24, 2.45) is 0 Å². The van der Waals surface area contributed by atoms with E-state index in [0.29, 0.717) is 12.1 Å². The van der Waals surface area contributed by atoms with Gasteiger partial charge in [0.15, 0.2) is 0 Å². The molecule has 30 heavy (non-hydrogen) atoms. The van der Waals surface area contributed by atoms with E-state index in [4.69, 9.17) is 0 Å². The molecule has 3 aromatic carbocycles. The van der Waals surface area contributed by atoms with Crippen LogP contribution in [0.25, 0.3) is 10.9 Å². The number of rotatable bonds is 3. The molecule has 0 aliphatic carbocycles. The van der Waals surface area contributed by atoms with Crippen LogP contribution < -0.4 is 0 Å². The Hall–Kier alpha value is -3.03. The van der Waals surface area contributed by atoms with Crippen molar-refractivity contribution in [1.29, 1.82) is 0 Å². The zero-order chi connectivity index (χ0) is 20.9. The number of H-pyrrole nitrogens is 1. The van der Waals surface area contributed by atoms with Gasteiger partial charge in [-0.1, -0.05) is 36.4 Å². The molecular weight excluding hydrogens is 406 g/mol. The van der Waals surface area contributed by atoms with Gasteiger partial charge in [0.05, 0.1) is 10.9 Å². The second kappa shape index (κ2) is 7.04. The monoisotopic (exact) mass is 424 g/mol. The van der Waals surface area contributed by atoms with E-state index < -0.39 is 27.7 Å². The number of nitrogens with zero attached hydrogens (tertiary/aromatic N) is 1. The van der Waals surface area contributed by atoms with Crippen LogP contribution in [0.1, 0.15) is 22.9 Å². The number of hydrogen-bond acceptors (Lipinski definition) is 2. The van der Waals surface area contributed by atoms with Crippen LogP contribution in [0.4, 0.5) is 8.78 Å². The lowest BCUT2D eigenvalue weighted by Gasteiger charge is -2.35. The molecule has 0 saturated heterocycles. The third kappa shape index (κ3) is 2.93. The van der Waals surface area contributed by atoms with Crippen molar-refractivity contribution in [3.8, 4) is 0 Å². The normalized spacial score (nSPS) is 17.2. The summed E-state index contributed by atoms with van der Waals surface area (Å²) in [7, 11) is -3.94. The molecule has 7 heteroatoms. The number of aromatic amines is 1. The lowest BCUT2D eigenvalue weighted by atomic mass is 9.94. The van der Waals surface area contributed by atoms with Crippen molar-refractivity contribution in [3.05, 3.63) is 101 Å². The van der Waals surface area contributed by atoms with Crippen molar-refractivity contribution in [1.82, 2.24) is 9.29 Å². The minimum Gasteiger partial charge on any atom is -0.357 e. The van der Waals surface area contributed by atoms with Gasteiger partial charge in [-0.15, -0.1) is 0 Å². The maximum Gasteiger partial charge on any atom is 0.244 e. The molecule has 0 bridgehead atoms. The zero-order valence-electron chi connectivity index (χ0n) is 15.8. The number of para-hydroxylation sites is 1. The van der Waals surface area contributed by atoms with Crippen LogP contribution in [0.5, 0.6) is 0 Å². The minimum atomic E-state index is -3.94. The standard InChI is InChI=1S/C23H18F2N2O2S/c24-15-10-11-20(25)19(14-15)23-22-18(17-8-4-5-9-21(17)26-22)12-13-27(23)30(28,29)16-6-2-1-3-7-16/h1-11,14,23,26H,12-13H2/t23-/m0/s1. The van der Waals surface area contributed by atoms with Gasteiger partial charge in [0.1, 0.15) is 11.6 Å². The smallest absolute Gasteiger partial charge is 0.244 e. The van der Waals surface area contributed by atoms with Crippen LogP contribution >= 0.6 is 0 Å². The van der Waals surface area contributed by atoms with Gasteiger partial charge in [0.25, 0.3) is 0 Å². The van der Waals surface area contributed by atoms with E-state index in [-0.39, 0.29) is 17.0 Å². The lowest BCUT2D eigenvalue weighted by Crippen LogP contribution is -2.41. The van der Waals surface area contributed by atoms with E-state index in [2.05, 4.69) is 4.98 Å². The average Bonchev–Trinajstić information content (AvgIpc) is 3.14. The second-order valence-electron chi connectivity index (χ2n) is 7.31. The molecule has 0 fully saturated rings. The Morgan fingerprint density at radius 1 is 0.933 bits per heavy atom. The molecule has 1 aliphatic heterocycles. The summed E-state index contributed by atoms with van der Waals surface area (Å²) >= 11 is 0. The van der Waals surface area contributed by atoms with E-state index in [1.807, 2.05) is 24.3 Å². The van der Waals surface area contributed by atoms with Crippen LogP contribution in [0, 0.1) is 11.6 Å². The van der Waals surface area contributed by atoms with Gasteiger partial charge in [0, 0.05) is 28.7 Å². The van der Waals surface area contributed by atoms with Crippen LogP contribution in [0.2, 0.25) is 0 Å². The Labute approximate surface area is 172 Å². The van der Waals surface area contributed by atoms with Gasteiger partial charge in [-0.25, -0.2) is 17.2 Å². The summed E-state index contributed by atoms with van der Waals surface area (Å²) in [4.78, 5) is 3.39. The van der Waals surface area contributed by atoms with Gasteiger partial charge in [-0.3, -0.25) is 0 Å². The third-order valence-corrected chi connectivity index (χ3v) is 7.47. The minimum absolute atomic E-state index is 0.0120. The highest BCUT2D eigenvalue weighted by molar-refractivity contribution is 7.89. The molecule has 4 aromatic rings. The molecule has 0 spiro atoms. The first-order valence-corrected chi connectivity index (χ1v) is 11.0. The molecular formula is C23H18F2N2O2S. The van der Waals surface area contributed by atoms with Gasteiger partial charge in [0.2, 0.25) is 10.0 Å². The van der Waals surface area contributed by atoms with E-state index >= 15 is 0 Å². The summed E-state index contributed by atoms with van der Waals surface area (Å²) in [6, 6.07) is 17.8. The Morgan fingerprint density at radius 3 is 2.47 bits per heavy atom. The second-order valence-corrected chi connectivity index (χ2v) is 9.20. The molecule has 0 saturated carbocycles. The third-order valence-electron chi connectivity index (χ3n) is 5.59. The number of benzene rings is 3. The molecule has 152 valence electrons. The maximum atomic E-state index is 14.9. The Balaban J connectivity index is 1.76. The SMILES string of the molecule is O=S(=O)(c1ccccc1)N1CCc2c([nH]c3ccccc23)[C@@H]1c1cc(F)ccc1F. The number of sulfonamides is 1. The first-order valence-electron chi connectivity index (χ1n) is 9.58. The van der Waals surface area contributed by atoms with Gasteiger partial charge < -0.3 is 4.98 Å². The summed E-state index contributed by atoms with van der Waals surface area (Å²) in [5.74, 6) is -1.27. The van der Waals surface area contributed by atoms with Crippen molar-refractivity contribution < 1.29 is 17.2 Å². The number of fused-ring (bicyclic) bond motifs is 3. The Morgan fingerprint density at radius 2 is 1.67 bits per heavy atom. The predicted molar refractivity (Wildman–Crippen MR) is 111 cm³/mol. The van der Waals surface area contributed by atoms with Crippen molar-refractivity contribution in [3.63, 3.8) is 0 Å². The zero-order valence-corrected chi connectivity index (χ0v) is 16.7. The summed E-state index contributed by atoms with van der Waals surface area (Å²) in [6.07, 6.45) is 0.471. The average molecular weight is 424 g/mol. The van der Waals surface area contributed by atoms with Crippen LogP contribution in [0.15, 0.2) is 77.7 Å². The maximum absolute atomic E-state index is 14.9. The molecule has 0 unspecified atom stereocenters. The molecule has 1 aromatic heterocycles. The summed E-state index contributed by atoms with van der Waals surface area (Å²) in [5.41, 5.74) is 2.33. The van der Waals surface area contributed by atoms with E-state index in [0.717, 1.165) is 34.7 Å². The molecule has 0 amide bonds. The van der Waals surface area contributed by atoms with Crippen LogP contribution in [0.3, 0.4) is 0 Å². The number of aromatic nitrogens is 1. The van der Waals surface area contributed by atoms with E-state index in [1.54, 1.807) is 18.2 Å². The molecule has 0 radical (unpaired) electrons. The Kier molecular flexibility index (Phi) is 4.45. The fourth-order valence-electron chi connectivity index (χ4n) is 4.24. The number of hydrogen-bond donors (Lipinski definition) is 1. The number of halogens is 2. The molecule has 5 rings (SSSR count). The largest absolute Gasteiger partial charge is 0.357 e. The highest BCUT2D eigenvalue weighted by Gasteiger charge is 2.40. The quantitative estimate of drug-likeness (QED) is 0.515. The van der Waals surface area contributed by atoms with Gasteiger partial charge in [-0.05, 0) is 48.4 Å². The highest BCUT2D eigenvalue weighted by Crippen LogP contribution is 2.41. The van der Waals surface area contributed by atoms with Crippen molar-refractivity contribution in [2.45, 2.75) is 17.4 Å². The predicted octanol–water partition coefficient (Wildman–Crippen LogP) is 4.78. The molecule has 1 N–H and O–H groups in total. The van der Waals surface area contributed by atoms with Crippen LogP contribution in [-0.2, 0) is 16.4 Å². The molecule has 4 nitrogen and oxygen atoms in total. The number of nitrogens with one attached hydrogen (secondary N) is 1. The summed E-state index contributed by atoms with van der Waals surface area (Å²) < 4.78 is 57.2. The topological polar surface area (TPSA) is 53.2 Å². The fraction of sp³-hybridized carbons (Fsp3) is 0.130. The van der Waals surface area contributed by atoms with Gasteiger partial charge in [-0.2, -0.15) is 4.31 Å². The molecule has 2 heterocycles. The van der Waals surface area contributed by atoms with Crippen LogP contribution in [-0.4, -0.2) is 24.3 Å². The van der Waals surface area contributed by atoms with Crippen molar-refractivity contribution >= 4 is 20.9 Å². The lowest BCUT2D eigenvalue weighted by molar-refractivity contribution is 0.332. The highest BCUT2D eigenvalue weighted by atomic mass is 32.2. The first kappa shape index (κ1) is 19.0. The van der Waals surface area contributed by atoms with Crippen molar-refractivity contribution in [2.75, 3.05) is 6.54 Å². The summed E-state index contributed by atoms with van der Waals surface area (Å²) in [6.45, 7) is 0.159. The van der Waals surface area contributed by atoms with E-state index in [1.165, 1.54) is 16.4 Å². The molecule has 1 atom stereocenters. The summed E-state index contributed by atoms with van der Waals surface area (Å²) in [5, 5.41) is 0.964. The first-order chi connectivity index (χ1) is 14.5. The van der Waals surface area contributed by atoms with Gasteiger partial charge >= 0.3 is 0 Å².